The number of nitrogen functional groups attached to an aromatic ring is 1. The van der Waals surface area contributed by atoms with Gasteiger partial charge in [0.05, 0.1) is 0 Å². The molecule has 0 saturated heterocycles. The molecule has 2 N–H and O–H groups in total. The molecule has 24 heavy (non-hydrogen) atoms. The van der Waals surface area contributed by atoms with E-state index in [9.17, 15) is 8.78 Å². The molecule has 0 amide bonds. The summed E-state index contributed by atoms with van der Waals surface area (Å²) < 4.78 is 32.4. The Balaban J connectivity index is 1.73. The zero-order chi connectivity index (χ0) is 16.7. The molecule has 3 aromatic rings. The van der Waals surface area contributed by atoms with Crippen molar-refractivity contribution in [2.75, 3.05) is 5.73 Å². The Kier molecular flexibility index (Phi) is 4.03. The minimum absolute atomic E-state index is 0.208. The standard InChI is InChI=1S/C9H9N4.C7H5F2O.Sn/c10-8-6-3-4-7(5-1-2-5)11-9(6)13-12-8;8-7(9)10-6-4-2-1-3-5-6;/h3-5H,1-2H2,(H2-,10,11,12,13);1-4,7H;/q-1;;+1. The predicted molar refractivity (Wildman–Crippen MR) is 87.8 cm³/mol. The summed E-state index contributed by atoms with van der Waals surface area (Å²) in [5, 5.41) is 5.20. The van der Waals surface area contributed by atoms with Crippen molar-refractivity contribution in [3.05, 3.63) is 42.1 Å². The van der Waals surface area contributed by atoms with E-state index in [-0.39, 0.29) is 5.75 Å². The molecular formula is C16H14F2N4OSn. The Morgan fingerprint density at radius 3 is 2.75 bits per heavy atom. The molecular weight excluding hydrogens is 421 g/mol. The molecule has 5 nitrogen and oxygen atoms in total. The Morgan fingerprint density at radius 2 is 2.00 bits per heavy atom. The van der Waals surface area contributed by atoms with Gasteiger partial charge in [-0.1, -0.05) is 0 Å². The summed E-state index contributed by atoms with van der Waals surface area (Å²) in [5.74, 6) is 1.16. The second-order valence-corrected chi connectivity index (χ2v) is 9.05. The van der Waals surface area contributed by atoms with Gasteiger partial charge in [0.25, 0.3) is 0 Å². The van der Waals surface area contributed by atoms with Crippen molar-refractivity contribution in [1.82, 2.24) is 13.0 Å². The molecule has 1 aliphatic carbocycles. The number of hydrogen-bond donors (Lipinski definition) is 1. The number of ether oxygens (including phenoxy) is 1. The van der Waals surface area contributed by atoms with Crippen LogP contribution in [0.15, 0.2) is 36.4 Å². The van der Waals surface area contributed by atoms with E-state index in [0.29, 0.717) is 11.7 Å². The van der Waals surface area contributed by atoms with Crippen LogP contribution in [-0.2, 0) is 0 Å². The summed E-state index contributed by atoms with van der Waals surface area (Å²) in [6, 6.07) is 10.8. The van der Waals surface area contributed by atoms with Crippen LogP contribution in [0.25, 0.3) is 11.0 Å². The minimum atomic E-state index is -2.84. The summed E-state index contributed by atoms with van der Waals surface area (Å²) in [6.07, 6.45) is 2.32. The zero-order valence-corrected chi connectivity index (χ0v) is 15.5. The number of aromatic nitrogens is 3. The van der Waals surface area contributed by atoms with Crippen molar-refractivity contribution in [2.45, 2.75) is 25.4 Å². The number of alkyl halides is 2. The van der Waals surface area contributed by atoms with Gasteiger partial charge < -0.3 is 0 Å². The number of fused-ring (bicyclic) bond motifs is 1. The number of anilines is 1. The molecule has 1 aliphatic rings. The number of halogens is 2. The number of hydrogen-bond acceptors (Lipinski definition) is 4. The van der Waals surface area contributed by atoms with Gasteiger partial charge in [-0.25, -0.2) is 0 Å². The van der Waals surface area contributed by atoms with Gasteiger partial charge in [0.1, 0.15) is 0 Å². The molecule has 1 saturated carbocycles. The van der Waals surface area contributed by atoms with Crippen LogP contribution in [-0.4, -0.2) is 41.0 Å². The fourth-order valence-corrected chi connectivity index (χ4v) is 5.69. The average molecular weight is 435 g/mol. The molecule has 4 rings (SSSR count). The van der Waals surface area contributed by atoms with Crippen LogP contribution in [0.1, 0.15) is 24.5 Å². The monoisotopic (exact) mass is 436 g/mol. The van der Waals surface area contributed by atoms with Crippen LogP contribution in [0.3, 0.4) is 0 Å². The van der Waals surface area contributed by atoms with Crippen molar-refractivity contribution in [3.8, 4) is 5.75 Å². The van der Waals surface area contributed by atoms with Crippen molar-refractivity contribution < 1.29 is 13.5 Å². The topological polar surface area (TPSA) is 66.0 Å². The third kappa shape index (κ3) is 3.04. The molecule has 8 heteroatoms. The Hall–Kier alpha value is -1.90. The van der Waals surface area contributed by atoms with Crippen molar-refractivity contribution in [2.24, 2.45) is 0 Å². The number of rotatable bonds is 5. The summed E-state index contributed by atoms with van der Waals surface area (Å²) in [7, 11) is 0. The van der Waals surface area contributed by atoms with E-state index in [0.717, 1.165) is 33.1 Å². The molecule has 0 unspecified atom stereocenters. The van der Waals surface area contributed by atoms with E-state index < -0.39 is 28.0 Å². The molecule has 0 spiro atoms. The normalized spacial score (nSPS) is 14.5. The molecule has 0 aliphatic heterocycles. The third-order valence-corrected chi connectivity index (χ3v) is 7.27. The molecule has 122 valence electrons. The van der Waals surface area contributed by atoms with E-state index in [1.807, 2.05) is 21.1 Å². The first-order valence-corrected chi connectivity index (χ1v) is 10.3. The average Bonchev–Trinajstić information content (AvgIpc) is 3.35. The van der Waals surface area contributed by atoms with Gasteiger partial charge >= 0.3 is 147 Å². The number of pyridine rings is 1. The summed E-state index contributed by atoms with van der Waals surface area (Å²) >= 11 is -1.55. The van der Waals surface area contributed by atoms with Crippen LogP contribution < -0.4 is 14.0 Å². The maximum absolute atomic E-state index is 12.6. The van der Waals surface area contributed by atoms with Gasteiger partial charge in [-0.15, -0.1) is 0 Å². The quantitative estimate of drug-likeness (QED) is 0.625. The van der Waals surface area contributed by atoms with E-state index >= 15 is 0 Å². The second-order valence-electron chi connectivity index (χ2n) is 5.67. The van der Waals surface area contributed by atoms with Crippen molar-refractivity contribution >= 4 is 41.8 Å². The van der Waals surface area contributed by atoms with Crippen LogP contribution in [0.5, 0.6) is 5.75 Å². The summed E-state index contributed by atoms with van der Waals surface area (Å²) in [6.45, 7) is -2.84. The SMILES string of the molecule is Nc1n[n]([Sn][c]2ccccc2OC(F)F)c2nc(C3CC3)ccc12. The predicted octanol–water partition coefficient (Wildman–Crippen LogP) is 2.29. The fourth-order valence-electron chi connectivity index (χ4n) is 2.59. The Labute approximate surface area is 147 Å². The first-order chi connectivity index (χ1) is 11.6. The summed E-state index contributed by atoms with van der Waals surface area (Å²) in [4.78, 5) is 4.72. The molecule has 0 atom stereocenters. The first kappa shape index (κ1) is 15.6. The molecule has 2 aromatic heterocycles. The van der Waals surface area contributed by atoms with Gasteiger partial charge in [0.15, 0.2) is 0 Å². The van der Waals surface area contributed by atoms with Crippen LogP contribution in [0.2, 0.25) is 0 Å². The molecule has 1 aromatic carbocycles. The van der Waals surface area contributed by atoms with E-state index in [2.05, 4.69) is 9.84 Å². The van der Waals surface area contributed by atoms with Crippen molar-refractivity contribution in [1.29, 1.82) is 0 Å². The van der Waals surface area contributed by atoms with Crippen molar-refractivity contribution in [3.63, 3.8) is 0 Å². The maximum atomic E-state index is 12.6. The van der Waals surface area contributed by atoms with Gasteiger partial charge in [-0.05, 0) is 0 Å². The number of nitrogens with two attached hydrogens (primary N) is 1. The van der Waals surface area contributed by atoms with Gasteiger partial charge in [-0.3, -0.25) is 0 Å². The molecule has 0 bridgehead atoms. The zero-order valence-electron chi connectivity index (χ0n) is 12.6. The Bertz CT molecular complexity index is 895. The van der Waals surface area contributed by atoms with Gasteiger partial charge in [0, 0.05) is 0 Å². The fraction of sp³-hybridized carbons (Fsp3) is 0.250. The van der Waals surface area contributed by atoms with Crippen LogP contribution in [0.4, 0.5) is 14.6 Å². The first-order valence-electron chi connectivity index (χ1n) is 7.58. The molecule has 1 fully saturated rings. The summed E-state index contributed by atoms with van der Waals surface area (Å²) in [5.41, 5.74) is 7.80. The number of para-hydroxylation sites is 1. The van der Waals surface area contributed by atoms with Crippen LogP contribution >= 0.6 is 0 Å². The van der Waals surface area contributed by atoms with Crippen LogP contribution in [0, 0.1) is 0 Å². The number of benzene rings is 1. The van der Waals surface area contributed by atoms with Gasteiger partial charge in [-0.2, -0.15) is 0 Å². The van der Waals surface area contributed by atoms with Gasteiger partial charge in [0.2, 0.25) is 0 Å². The molecule has 2 radical (unpaired) electrons. The second kappa shape index (κ2) is 6.19. The van der Waals surface area contributed by atoms with E-state index in [4.69, 9.17) is 10.7 Å². The molecule has 2 heterocycles. The van der Waals surface area contributed by atoms with E-state index in [1.165, 1.54) is 0 Å². The third-order valence-electron chi connectivity index (χ3n) is 3.91. The number of nitrogens with zero attached hydrogens (tertiary/aromatic N) is 3. The Morgan fingerprint density at radius 1 is 1.21 bits per heavy atom. The van der Waals surface area contributed by atoms with E-state index in [1.54, 1.807) is 18.2 Å².